The minimum atomic E-state index is -0.280. The monoisotopic (exact) mass is 293 g/mol. The fourth-order valence-electron chi connectivity index (χ4n) is 2.08. The van der Waals surface area contributed by atoms with Gasteiger partial charge in [0.2, 0.25) is 0 Å². The fraction of sp³-hybridized carbons (Fsp3) is 0.429. The first-order valence-corrected chi connectivity index (χ1v) is 7.27. The van der Waals surface area contributed by atoms with Crippen LogP contribution in [0, 0.1) is 0 Å². The van der Waals surface area contributed by atoms with Crippen LogP contribution in [-0.4, -0.2) is 23.8 Å². The van der Waals surface area contributed by atoms with Gasteiger partial charge in [-0.15, -0.1) is 5.10 Å². The number of hydrogen-bond donors (Lipinski definition) is 1. The van der Waals surface area contributed by atoms with Crippen LogP contribution in [0.4, 0.5) is 0 Å². The second-order valence-corrected chi connectivity index (χ2v) is 5.21. The first kappa shape index (κ1) is 14.7. The molecule has 0 fully saturated rings. The third kappa shape index (κ3) is 2.91. The molecule has 1 unspecified atom stereocenters. The Morgan fingerprint density at radius 1 is 1.30 bits per heavy atom. The van der Waals surface area contributed by atoms with Gasteiger partial charge in [0.15, 0.2) is 0 Å². The van der Waals surface area contributed by atoms with Gasteiger partial charge in [-0.2, -0.15) is 0 Å². The Kier molecular flexibility index (Phi) is 4.92. The summed E-state index contributed by atoms with van der Waals surface area (Å²) in [6.07, 6.45) is 1.91. The van der Waals surface area contributed by atoms with E-state index < -0.39 is 0 Å². The zero-order valence-electron chi connectivity index (χ0n) is 11.9. The van der Waals surface area contributed by atoms with Crippen LogP contribution in [0.5, 0.6) is 11.5 Å². The van der Waals surface area contributed by atoms with E-state index in [-0.39, 0.29) is 6.04 Å². The van der Waals surface area contributed by atoms with E-state index in [1.165, 1.54) is 11.5 Å². The van der Waals surface area contributed by atoms with Gasteiger partial charge in [-0.25, -0.2) is 0 Å². The van der Waals surface area contributed by atoms with Crippen molar-refractivity contribution < 1.29 is 9.47 Å². The van der Waals surface area contributed by atoms with E-state index in [0.29, 0.717) is 5.75 Å². The maximum Gasteiger partial charge on any atom is 0.127 e. The van der Waals surface area contributed by atoms with E-state index in [4.69, 9.17) is 15.2 Å². The third-order valence-electron chi connectivity index (χ3n) is 3.13. The number of aromatic nitrogens is 2. The molecule has 0 saturated heterocycles. The maximum atomic E-state index is 6.37. The van der Waals surface area contributed by atoms with Gasteiger partial charge < -0.3 is 15.2 Å². The number of methoxy groups -OCH3 is 2. The number of nitrogens with two attached hydrogens (primary N) is 1. The van der Waals surface area contributed by atoms with Crippen LogP contribution < -0.4 is 15.2 Å². The van der Waals surface area contributed by atoms with Gasteiger partial charge in [0, 0.05) is 11.6 Å². The molecule has 2 N–H and O–H groups in total. The average molecular weight is 293 g/mol. The molecule has 2 rings (SSSR count). The molecule has 0 radical (unpaired) electrons. The van der Waals surface area contributed by atoms with E-state index in [2.05, 4.69) is 16.5 Å². The van der Waals surface area contributed by atoms with Gasteiger partial charge >= 0.3 is 0 Å². The van der Waals surface area contributed by atoms with Crippen molar-refractivity contribution in [3.05, 3.63) is 34.3 Å². The van der Waals surface area contributed by atoms with Crippen molar-refractivity contribution in [3.8, 4) is 11.5 Å². The molecule has 108 valence electrons. The van der Waals surface area contributed by atoms with Gasteiger partial charge in [0.05, 0.1) is 30.8 Å². The van der Waals surface area contributed by atoms with E-state index in [1.54, 1.807) is 14.2 Å². The van der Waals surface area contributed by atoms with Crippen molar-refractivity contribution in [2.24, 2.45) is 5.73 Å². The second kappa shape index (κ2) is 6.67. The molecule has 5 nitrogen and oxygen atoms in total. The SMILES string of the molecule is CCCc1nnsc1C(N)c1ccc(OC)cc1OC. The predicted octanol–water partition coefficient (Wildman–Crippen LogP) is 2.56. The summed E-state index contributed by atoms with van der Waals surface area (Å²) in [4.78, 5) is 0.996. The molecule has 1 atom stereocenters. The van der Waals surface area contributed by atoms with E-state index in [1.807, 2.05) is 18.2 Å². The molecule has 0 aliphatic carbocycles. The molecular formula is C14H19N3O2S. The summed E-state index contributed by atoms with van der Waals surface area (Å²) in [5.74, 6) is 1.46. The molecule has 0 aliphatic heterocycles. The molecule has 0 bridgehead atoms. The van der Waals surface area contributed by atoms with Crippen molar-refractivity contribution in [3.63, 3.8) is 0 Å². The highest BCUT2D eigenvalue weighted by Gasteiger charge is 2.20. The Balaban J connectivity index is 2.37. The molecule has 1 heterocycles. The van der Waals surface area contributed by atoms with Crippen LogP contribution in [0.1, 0.15) is 35.5 Å². The Morgan fingerprint density at radius 2 is 2.10 bits per heavy atom. The Bertz CT molecular complexity index is 571. The van der Waals surface area contributed by atoms with E-state index in [0.717, 1.165) is 34.7 Å². The number of hydrogen-bond acceptors (Lipinski definition) is 6. The van der Waals surface area contributed by atoms with Crippen LogP contribution in [0.3, 0.4) is 0 Å². The zero-order valence-corrected chi connectivity index (χ0v) is 12.7. The maximum absolute atomic E-state index is 6.37. The molecular weight excluding hydrogens is 274 g/mol. The zero-order chi connectivity index (χ0) is 14.5. The van der Waals surface area contributed by atoms with Gasteiger partial charge in [0.25, 0.3) is 0 Å². The van der Waals surface area contributed by atoms with Crippen LogP contribution in [0.25, 0.3) is 0 Å². The quantitative estimate of drug-likeness (QED) is 0.886. The predicted molar refractivity (Wildman–Crippen MR) is 79.5 cm³/mol. The number of benzene rings is 1. The van der Waals surface area contributed by atoms with Crippen LogP contribution in [-0.2, 0) is 6.42 Å². The number of aryl methyl sites for hydroxylation is 1. The van der Waals surface area contributed by atoms with Gasteiger partial charge in [-0.3, -0.25) is 0 Å². The summed E-state index contributed by atoms with van der Waals surface area (Å²) in [5.41, 5.74) is 8.26. The van der Waals surface area contributed by atoms with Crippen LogP contribution >= 0.6 is 11.5 Å². The molecule has 0 amide bonds. The van der Waals surface area contributed by atoms with E-state index >= 15 is 0 Å². The van der Waals surface area contributed by atoms with Crippen LogP contribution in [0.2, 0.25) is 0 Å². The normalized spacial score (nSPS) is 12.2. The first-order valence-electron chi connectivity index (χ1n) is 6.49. The fourth-order valence-corrected chi connectivity index (χ4v) is 2.79. The van der Waals surface area contributed by atoms with Crippen molar-refractivity contribution in [2.75, 3.05) is 14.2 Å². The third-order valence-corrected chi connectivity index (χ3v) is 3.98. The molecule has 0 saturated carbocycles. The molecule has 0 aliphatic rings. The summed E-state index contributed by atoms with van der Waals surface area (Å²) >= 11 is 1.35. The summed E-state index contributed by atoms with van der Waals surface area (Å²) in [6, 6.07) is 5.37. The van der Waals surface area contributed by atoms with Crippen molar-refractivity contribution in [1.29, 1.82) is 0 Å². The number of ether oxygens (including phenoxy) is 2. The Morgan fingerprint density at radius 3 is 2.75 bits per heavy atom. The Labute approximate surface area is 122 Å². The highest BCUT2D eigenvalue weighted by Crippen LogP contribution is 2.34. The summed E-state index contributed by atoms with van der Waals surface area (Å²) < 4.78 is 14.6. The smallest absolute Gasteiger partial charge is 0.127 e. The van der Waals surface area contributed by atoms with Crippen LogP contribution in [0.15, 0.2) is 18.2 Å². The van der Waals surface area contributed by atoms with Crippen molar-refractivity contribution in [1.82, 2.24) is 9.59 Å². The summed E-state index contributed by atoms with van der Waals surface area (Å²) in [7, 11) is 3.25. The minimum Gasteiger partial charge on any atom is -0.497 e. The molecule has 6 heteroatoms. The summed E-state index contributed by atoms with van der Waals surface area (Å²) in [5, 5.41) is 4.16. The second-order valence-electron chi connectivity index (χ2n) is 4.42. The van der Waals surface area contributed by atoms with E-state index in [9.17, 15) is 0 Å². The molecule has 1 aromatic heterocycles. The first-order chi connectivity index (χ1) is 9.71. The number of rotatable bonds is 6. The van der Waals surface area contributed by atoms with Gasteiger partial charge in [0.1, 0.15) is 11.5 Å². The highest BCUT2D eigenvalue weighted by atomic mass is 32.1. The molecule has 1 aromatic carbocycles. The molecule has 20 heavy (non-hydrogen) atoms. The van der Waals surface area contributed by atoms with Gasteiger partial charge in [-0.05, 0) is 30.1 Å². The summed E-state index contributed by atoms with van der Waals surface area (Å²) in [6.45, 7) is 2.11. The van der Waals surface area contributed by atoms with Gasteiger partial charge in [-0.1, -0.05) is 17.8 Å². The number of nitrogens with zero attached hydrogens (tertiary/aromatic N) is 2. The van der Waals surface area contributed by atoms with Crippen molar-refractivity contribution in [2.45, 2.75) is 25.8 Å². The standard InChI is InChI=1S/C14H19N3O2S/c1-4-5-11-14(20-17-16-11)13(15)10-7-6-9(18-2)8-12(10)19-3/h6-8,13H,4-5,15H2,1-3H3. The lowest BCUT2D eigenvalue weighted by molar-refractivity contribution is 0.390. The lowest BCUT2D eigenvalue weighted by atomic mass is 10.0. The van der Waals surface area contributed by atoms with Crippen molar-refractivity contribution >= 4 is 11.5 Å². The largest absolute Gasteiger partial charge is 0.497 e. The minimum absolute atomic E-state index is 0.280. The highest BCUT2D eigenvalue weighted by molar-refractivity contribution is 7.05. The Hall–Kier alpha value is -1.66. The molecule has 2 aromatic rings. The lowest BCUT2D eigenvalue weighted by Crippen LogP contribution is -2.13. The topological polar surface area (TPSA) is 70.3 Å². The average Bonchev–Trinajstić information content (AvgIpc) is 2.94. The molecule has 0 spiro atoms. The lowest BCUT2D eigenvalue weighted by Gasteiger charge is -2.16.